The summed E-state index contributed by atoms with van der Waals surface area (Å²) in [5.41, 5.74) is 0.993. The zero-order valence-electron chi connectivity index (χ0n) is 11.3. The lowest BCUT2D eigenvalue weighted by Crippen LogP contribution is -2.19. The Labute approximate surface area is 125 Å². The van der Waals surface area contributed by atoms with E-state index in [0.29, 0.717) is 11.1 Å². The van der Waals surface area contributed by atoms with Gasteiger partial charge >= 0.3 is 0 Å². The molecule has 6 nitrogen and oxygen atoms in total. The van der Waals surface area contributed by atoms with E-state index in [2.05, 4.69) is 0 Å². The van der Waals surface area contributed by atoms with Crippen molar-refractivity contribution in [1.82, 2.24) is 0 Å². The SMILES string of the molecule is O=C1/C(=C\c2ccc(O)c(O)c2)COc2c1ccc(O)c2O. The van der Waals surface area contributed by atoms with Crippen LogP contribution in [0.2, 0.25) is 0 Å². The molecule has 1 heterocycles. The van der Waals surface area contributed by atoms with Gasteiger partial charge in [-0.2, -0.15) is 0 Å². The normalized spacial score (nSPS) is 15.5. The summed E-state index contributed by atoms with van der Waals surface area (Å²) < 4.78 is 5.33. The minimum absolute atomic E-state index is 0.0456. The van der Waals surface area contributed by atoms with Gasteiger partial charge in [0, 0.05) is 5.57 Å². The molecule has 0 amide bonds. The van der Waals surface area contributed by atoms with E-state index in [-0.39, 0.29) is 41.0 Å². The Morgan fingerprint density at radius 3 is 2.41 bits per heavy atom. The smallest absolute Gasteiger partial charge is 0.201 e. The highest BCUT2D eigenvalue weighted by Crippen LogP contribution is 2.41. The highest BCUT2D eigenvalue weighted by Gasteiger charge is 2.27. The zero-order valence-corrected chi connectivity index (χ0v) is 11.3. The number of aromatic hydroxyl groups is 4. The largest absolute Gasteiger partial charge is 0.504 e. The van der Waals surface area contributed by atoms with Crippen LogP contribution in [0.15, 0.2) is 35.9 Å². The minimum Gasteiger partial charge on any atom is -0.504 e. The van der Waals surface area contributed by atoms with Crippen LogP contribution in [0, 0.1) is 0 Å². The van der Waals surface area contributed by atoms with Crippen LogP contribution in [0.25, 0.3) is 6.08 Å². The molecule has 1 aliphatic heterocycles. The Morgan fingerprint density at radius 2 is 1.68 bits per heavy atom. The molecule has 0 atom stereocenters. The maximum absolute atomic E-state index is 12.4. The molecule has 2 aromatic carbocycles. The maximum Gasteiger partial charge on any atom is 0.201 e. The molecule has 22 heavy (non-hydrogen) atoms. The average Bonchev–Trinajstić information content (AvgIpc) is 2.49. The van der Waals surface area contributed by atoms with Gasteiger partial charge in [-0.15, -0.1) is 0 Å². The summed E-state index contributed by atoms with van der Waals surface area (Å²) in [7, 11) is 0. The van der Waals surface area contributed by atoms with Crippen molar-refractivity contribution in [2.24, 2.45) is 0 Å². The van der Waals surface area contributed by atoms with E-state index in [4.69, 9.17) is 4.74 Å². The zero-order chi connectivity index (χ0) is 15.9. The predicted octanol–water partition coefficient (Wildman–Crippen LogP) is 2.17. The van der Waals surface area contributed by atoms with Crippen molar-refractivity contribution >= 4 is 11.9 Å². The third-order valence-corrected chi connectivity index (χ3v) is 3.36. The van der Waals surface area contributed by atoms with E-state index in [0.717, 1.165) is 0 Å². The van der Waals surface area contributed by atoms with Crippen LogP contribution in [-0.2, 0) is 0 Å². The summed E-state index contributed by atoms with van der Waals surface area (Å²) in [6.45, 7) is -0.0789. The Kier molecular flexibility index (Phi) is 3.14. The van der Waals surface area contributed by atoms with Gasteiger partial charge in [0.15, 0.2) is 28.8 Å². The van der Waals surface area contributed by atoms with Crippen LogP contribution < -0.4 is 4.74 Å². The molecule has 0 spiro atoms. The first-order valence-corrected chi connectivity index (χ1v) is 6.42. The van der Waals surface area contributed by atoms with Crippen molar-refractivity contribution in [1.29, 1.82) is 0 Å². The molecule has 0 saturated heterocycles. The second-order valence-electron chi connectivity index (χ2n) is 4.85. The molecular formula is C16H12O6. The molecule has 6 heteroatoms. The summed E-state index contributed by atoms with van der Waals surface area (Å²) in [6, 6.07) is 6.75. The van der Waals surface area contributed by atoms with E-state index in [9.17, 15) is 25.2 Å². The highest BCUT2D eigenvalue weighted by atomic mass is 16.5. The summed E-state index contributed by atoms with van der Waals surface area (Å²) >= 11 is 0. The number of fused-ring (bicyclic) bond motifs is 1. The van der Waals surface area contributed by atoms with Crippen LogP contribution in [0.3, 0.4) is 0 Å². The number of ketones is 1. The minimum atomic E-state index is -0.466. The highest BCUT2D eigenvalue weighted by molar-refractivity contribution is 6.14. The van der Waals surface area contributed by atoms with Gasteiger partial charge in [0.2, 0.25) is 5.75 Å². The lowest BCUT2D eigenvalue weighted by atomic mass is 9.97. The van der Waals surface area contributed by atoms with Crippen LogP contribution in [0.1, 0.15) is 15.9 Å². The number of ether oxygens (including phenoxy) is 1. The van der Waals surface area contributed by atoms with Gasteiger partial charge in [-0.3, -0.25) is 4.79 Å². The Balaban J connectivity index is 2.00. The summed E-state index contributed by atoms with van der Waals surface area (Å²) in [4.78, 5) is 12.4. The summed E-state index contributed by atoms with van der Waals surface area (Å²) in [5, 5.41) is 37.8. The van der Waals surface area contributed by atoms with Crippen molar-refractivity contribution in [2.75, 3.05) is 6.61 Å². The molecular weight excluding hydrogens is 288 g/mol. The standard InChI is InChI=1S/C16H12O6/c17-11-3-1-8(6-13(11)19)5-9-7-22-16-10(14(9)20)2-4-12(18)15(16)21/h1-6,17-19,21H,7H2/b9-5-. The van der Waals surface area contributed by atoms with Crippen LogP contribution in [-0.4, -0.2) is 32.8 Å². The van der Waals surface area contributed by atoms with Crippen LogP contribution >= 0.6 is 0 Å². The van der Waals surface area contributed by atoms with Gasteiger partial charge in [0.1, 0.15) is 6.61 Å². The van der Waals surface area contributed by atoms with Crippen molar-refractivity contribution in [3.63, 3.8) is 0 Å². The Hall–Kier alpha value is -3.15. The van der Waals surface area contributed by atoms with Crippen molar-refractivity contribution in [2.45, 2.75) is 0 Å². The number of rotatable bonds is 1. The van der Waals surface area contributed by atoms with Gasteiger partial charge in [-0.05, 0) is 35.9 Å². The van der Waals surface area contributed by atoms with Crippen molar-refractivity contribution < 1.29 is 30.0 Å². The number of carbonyl (C=O) groups excluding carboxylic acids is 1. The summed E-state index contributed by atoms with van der Waals surface area (Å²) in [6.07, 6.45) is 1.52. The third kappa shape index (κ3) is 2.20. The number of phenols is 4. The fourth-order valence-corrected chi connectivity index (χ4v) is 2.21. The molecule has 112 valence electrons. The van der Waals surface area contributed by atoms with Gasteiger partial charge in [0.05, 0.1) is 5.56 Å². The average molecular weight is 300 g/mol. The Bertz CT molecular complexity index is 807. The number of benzene rings is 2. The van der Waals surface area contributed by atoms with Crippen molar-refractivity contribution in [3.05, 3.63) is 47.0 Å². The van der Waals surface area contributed by atoms with E-state index in [1.54, 1.807) is 6.07 Å². The molecule has 4 N–H and O–H groups in total. The predicted molar refractivity (Wildman–Crippen MR) is 77.3 cm³/mol. The molecule has 0 fully saturated rings. The quantitative estimate of drug-likeness (QED) is 0.475. The third-order valence-electron chi connectivity index (χ3n) is 3.36. The van der Waals surface area contributed by atoms with E-state index >= 15 is 0 Å². The first kappa shape index (κ1) is 13.8. The monoisotopic (exact) mass is 300 g/mol. The van der Waals surface area contributed by atoms with Crippen molar-refractivity contribution in [3.8, 4) is 28.7 Å². The maximum atomic E-state index is 12.4. The number of hydrogen-bond donors (Lipinski definition) is 4. The van der Waals surface area contributed by atoms with E-state index < -0.39 is 5.75 Å². The molecule has 0 saturated carbocycles. The van der Waals surface area contributed by atoms with Gasteiger partial charge in [-0.1, -0.05) is 6.07 Å². The topological polar surface area (TPSA) is 107 Å². The number of Topliss-reactive ketones (excluding diaryl/α,β-unsaturated/α-hetero) is 1. The first-order chi connectivity index (χ1) is 10.5. The fourth-order valence-electron chi connectivity index (χ4n) is 2.21. The second kappa shape index (κ2) is 5.00. The lowest BCUT2D eigenvalue weighted by Gasteiger charge is -2.20. The Morgan fingerprint density at radius 1 is 0.955 bits per heavy atom. The number of phenolic OH excluding ortho intramolecular Hbond substituents is 4. The van der Waals surface area contributed by atoms with Gasteiger partial charge in [-0.25, -0.2) is 0 Å². The molecule has 3 rings (SSSR count). The van der Waals surface area contributed by atoms with E-state index in [1.165, 1.54) is 30.3 Å². The fraction of sp³-hybridized carbons (Fsp3) is 0.0625. The number of carbonyl (C=O) groups is 1. The molecule has 0 bridgehead atoms. The molecule has 0 radical (unpaired) electrons. The van der Waals surface area contributed by atoms with Crippen LogP contribution in [0.5, 0.6) is 28.7 Å². The second-order valence-corrected chi connectivity index (χ2v) is 4.85. The van der Waals surface area contributed by atoms with Crippen LogP contribution in [0.4, 0.5) is 0 Å². The molecule has 0 aromatic heterocycles. The molecule has 1 aliphatic rings. The summed E-state index contributed by atoms with van der Waals surface area (Å²) in [5.74, 6) is -1.75. The van der Waals surface area contributed by atoms with Gasteiger partial charge < -0.3 is 25.2 Å². The molecule has 0 aliphatic carbocycles. The number of hydrogen-bond acceptors (Lipinski definition) is 6. The molecule has 2 aromatic rings. The van der Waals surface area contributed by atoms with Gasteiger partial charge in [0.25, 0.3) is 0 Å². The van der Waals surface area contributed by atoms with E-state index in [1.807, 2.05) is 0 Å². The molecule has 0 unspecified atom stereocenters. The first-order valence-electron chi connectivity index (χ1n) is 6.42. The lowest BCUT2D eigenvalue weighted by molar-refractivity contribution is 0.0998.